The van der Waals surface area contributed by atoms with Crippen molar-refractivity contribution >= 4 is 17.9 Å². The van der Waals surface area contributed by atoms with Crippen LogP contribution in [0, 0.1) is 0 Å². The highest BCUT2D eigenvalue weighted by Gasteiger charge is 2.19. The minimum absolute atomic E-state index is 0.0141. The summed E-state index contributed by atoms with van der Waals surface area (Å²) in [6.07, 6.45) is 3.78. The number of aliphatic imine (C=N–C) groups is 1. The van der Waals surface area contributed by atoms with Crippen molar-refractivity contribution in [2.45, 2.75) is 32.1 Å². The van der Waals surface area contributed by atoms with Crippen molar-refractivity contribution in [1.29, 1.82) is 0 Å². The van der Waals surface area contributed by atoms with Gasteiger partial charge in [-0.05, 0) is 48.1 Å². The lowest BCUT2D eigenvalue weighted by molar-refractivity contribution is 0.0697. The van der Waals surface area contributed by atoms with Crippen LogP contribution in [-0.4, -0.2) is 17.3 Å². The van der Waals surface area contributed by atoms with Crippen LogP contribution in [0.2, 0.25) is 0 Å². The summed E-state index contributed by atoms with van der Waals surface area (Å²) < 4.78 is 0. The standard InChI is InChI=1S/C19H21NO2/c1-19(2,16-11-9-15(10-12-16)18(21)22)13-6-14-20-17-7-4-3-5-8-17/h3-5,7-12,14H,6,13H2,1-2H3,(H,21,22). The zero-order valence-corrected chi connectivity index (χ0v) is 13.0. The highest BCUT2D eigenvalue weighted by molar-refractivity contribution is 5.87. The fourth-order valence-electron chi connectivity index (χ4n) is 2.32. The maximum atomic E-state index is 10.9. The van der Waals surface area contributed by atoms with Crippen LogP contribution in [0.5, 0.6) is 0 Å². The van der Waals surface area contributed by atoms with Crippen LogP contribution in [0.1, 0.15) is 42.6 Å². The monoisotopic (exact) mass is 295 g/mol. The molecule has 0 unspecified atom stereocenters. The molecule has 3 heteroatoms. The van der Waals surface area contributed by atoms with E-state index in [2.05, 4.69) is 18.8 Å². The molecule has 0 bridgehead atoms. The first-order valence-corrected chi connectivity index (χ1v) is 7.40. The predicted octanol–water partition coefficient (Wildman–Crippen LogP) is 4.85. The van der Waals surface area contributed by atoms with E-state index in [1.807, 2.05) is 48.7 Å². The number of carboxylic acids is 1. The fourth-order valence-corrected chi connectivity index (χ4v) is 2.32. The summed E-state index contributed by atoms with van der Waals surface area (Å²) in [6.45, 7) is 4.33. The zero-order valence-electron chi connectivity index (χ0n) is 13.0. The van der Waals surface area contributed by atoms with Crippen molar-refractivity contribution in [3.8, 4) is 0 Å². The number of hydrogen-bond acceptors (Lipinski definition) is 2. The largest absolute Gasteiger partial charge is 0.478 e. The van der Waals surface area contributed by atoms with Crippen LogP contribution in [0.15, 0.2) is 59.6 Å². The summed E-state index contributed by atoms with van der Waals surface area (Å²) in [6, 6.07) is 17.0. The lowest BCUT2D eigenvalue weighted by Crippen LogP contribution is -2.17. The van der Waals surface area contributed by atoms with E-state index in [0.29, 0.717) is 5.56 Å². The molecule has 2 rings (SSSR count). The number of para-hydroxylation sites is 1. The number of benzene rings is 2. The second kappa shape index (κ2) is 7.03. The number of carbonyl (C=O) groups is 1. The second-order valence-corrected chi connectivity index (χ2v) is 5.95. The molecule has 0 saturated heterocycles. The number of carboxylic acid groups (broad SMARTS) is 1. The number of rotatable bonds is 6. The highest BCUT2D eigenvalue weighted by Crippen LogP contribution is 2.28. The van der Waals surface area contributed by atoms with Crippen LogP contribution in [0.3, 0.4) is 0 Å². The summed E-state index contributed by atoms with van der Waals surface area (Å²) in [4.78, 5) is 15.3. The van der Waals surface area contributed by atoms with Crippen molar-refractivity contribution in [3.63, 3.8) is 0 Å². The van der Waals surface area contributed by atoms with Gasteiger partial charge in [0.1, 0.15) is 0 Å². The molecule has 0 amide bonds. The molecule has 114 valence electrons. The first-order valence-electron chi connectivity index (χ1n) is 7.40. The molecule has 0 saturated carbocycles. The van der Waals surface area contributed by atoms with Gasteiger partial charge >= 0.3 is 5.97 Å². The Kier molecular flexibility index (Phi) is 5.10. The molecule has 1 N–H and O–H groups in total. The van der Waals surface area contributed by atoms with E-state index in [-0.39, 0.29) is 5.41 Å². The maximum absolute atomic E-state index is 10.9. The SMILES string of the molecule is CC(C)(CCC=Nc1ccccc1)c1ccc(C(=O)O)cc1. The Morgan fingerprint density at radius 3 is 2.32 bits per heavy atom. The first kappa shape index (κ1) is 16.0. The number of nitrogens with zero attached hydrogens (tertiary/aromatic N) is 1. The first-order chi connectivity index (χ1) is 10.5. The van der Waals surface area contributed by atoms with Crippen molar-refractivity contribution in [3.05, 3.63) is 65.7 Å². The molecule has 0 radical (unpaired) electrons. The van der Waals surface area contributed by atoms with Gasteiger partial charge in [0, 0.05) is 6.21 Å². The molecular formula is C19H21NO2. The van der Waals surface area contributed by atoms with E-state index in [1.165, 1.54) is 0 Å². The van der Waals surface area contributed by atoms with Gasteiger partial charge in [-0.25, -0.2) is 4.79 Å². The summed E-state index contributed by atoms with van der Waals surface area (Å²) in [5.41, 5.74) is 2.42. The van der Waals surface area contributed by atoms with Crippen LogP contribution < -0.4 is 0 Å². The van der Waals surface area contributed by atoms with Gasteiger partial charge in [0.15, 0.2) is 0 Å². The molecule has 3 nitrogen and oxygen atoms in total. The molecule has 0 aromatic heterocycles. The van der Waals surface area contributed by atoms with Gasteiger partial charge in [-0.15, -0.1) is 0 Å². The van der Waals surface area contributed by atoms with E-state index in [1.54, 1.807) is 12.1 Å². The Morgan fingerprint density at radius 1 is 1.09 bits per heavy atom. The molecule has 0 atom stereocenters. The predicted molar refractivity (Wildman–Crippen MR) is 90.3 cm³/mol. The smallest absolute Gasteiger partial charge is 0.335 e. The Hall–Kier alpha value is -2.42. The van der Waals surface area contributed by atoms with Crippen LogP contribution in [-0.2, 0) is 5.41 Å². The van der Waals surface area contributed by atoms with E-state index < -0.39 is 5.97 Å². The normalized spacial score (nSPS) is 11.7. The molecule has 0 fully saturated rings. The topological polar surface area (TPSA) is 49.7 Å². The molecule has 0 aliphatic carbocycles. The van der Waals surface area contributed by atoms with Crippen molar-refractivity contribution in [1.82, 2.24) is 0 Å². The van der Waals surface area contributed by atoms with Gasteiger partial charge in [0.05, 0.1) is 11.3 Å². The summed E-state index contributed by atoms with van der Waals surface area (Å²) in [5, 5.41) is 8.94. The second-order valence-electron chi connectivity index (χ2n) is 5.95. The highest BCUT2D eigenvalue weighted by atomic mass is 16.4. The van der Waals surface area contributed by atoms with Gasteiger partial charge in [-0.1, -0.05) is 44.2 Å². The Labute approximate surface area is 131 Å². The minimum atomic E-state index is -0.889. The maximum Gasteiger partial charge on any atom is 0.335 e. The fraction of sp³-hybridized carbons (Fsp3) is 0.263. The molecule has 0 heterocycles. The molecule has 0 aliphatic heterocycles. The third-order valence-electron chi connectivity index (χ3n) is 3.81. The quantitative estimate of drug-likeness (QED) is 0.775. The number of hydrogen-bond donors (Lipinski definition) is 1. The lowest BCUT2D eigenvalue weighted by atomic mass is 9.80. The molecule has 2 aromatic rings. The van der Waals surface area contributed by atoms with Gasteiger partial charge in [-0.2, -0.15) is 0 Å². The summed E-state index contributed by atoms with van der Waals surface area (Å²) in [7, 11) is 0. The molecule has 2 aromatic carbocycles. The zero-order chi connectivity index (χ0) is 16.0. The van der Waals surface area contributed by atoms with E-state index in [4.69, 9.17) is 5.11 Å². The van der Waals surface area contributed by atoms with Gasteiger partial charge < -0.3 is 5.11 Å². The molecule has 22 heavy (non-hydrogen) atoms. The van der Waals surface area contributed by atoms with E-state index >= 15 is 0 Å². The van der Waals surface area contributed by atoms with Crippen molar-refractivity contribution < 1.29 is 9.90 Å². The average Bonchev–Trinajstić information content (AvgIpc) is 2.53. The molecular weight excluding hydrogens is 274 g/mol. The molecule has 0 aliphatic rings. The Balaban J connectivity index is 1.95. The minimum Gasteiger partial charge on any atom is -0.478 e. The van der Waals surface area contributed by atoms with E-state index in [0.717, 1.165) is 24.1 Å². The number of aromatic carboxylic acids is 1. The third kappa shape index (κ3) is 4.29. The Bertz CT molecular complexity index is 643. The van der Waals surface area contributed by atoms with Gasteiger partial charge in [0.25, 0.3) is 0 Å². The van der Waals surface area contributed by atoms with E-state index in [9.17, 15) is 4.79 Å². The summed E-state index contributed by atoms with van der Waals surface area (Å²) >= 11 is 0. The van der Waals surface area contributed by atoms with Crippen molar-refractivity contribution in [2.24, 2.45) is 4.99 Å². The average molecular weight is 295 g/mol. The third-order valence-corrected chi connectivity index (χ3v) is 3.81. The van der Waals surface area contributed by atoms with Gasteiger partial charge in [-0.3, -0.25) is 4.99 Å². The van der Waals surface area contributed by atoms with Crippen LogP contribution in [0.4, 0.5) is 5.69 Å². The molecule has 0 spiro atoms. The Morgan fingerprint density at radius 2 is 1.73 bits per heavy atom. The van der Waals surface area contributed by atoms with Gasteiger partial charge in [0.2, 0.25) is 0 Å². The van der Waals surface area contributed by atoms with Crippen molar-refractivity contribution in [2.75, 3.05) is 0 Å². The van der Waals surface area contributed by atoms with Crippen LogP contribution in [0.25, 0.3) is 0 Å². The van der Waals surface area contributed by atoms with Crippen LogP contribution >= 0.6 is 0 Å². The lowest BCUT2D eigenvalue weighted by Gasteiger charge is -2.24. The summed E-state index contributed by atoms with van der Waals surface area (Å²) in [5.74, 6) is -0.889.